The molecule has 0 spiro atoms. The number of nitrogens with zero attached hydrogens (tertiary/aromatic N) is 4. The van der Waals surface area contributed by atoms with Crippen molar-refractivity contribution in [1.82, 2.24) is 20.3 Å². The molecule has 1 aromatic carbocycles. The van der Waals surface area contributed by atoms with Crippen molar-refractivity contribution in [3.63, 3.8) is 0 Å². The maximum absolute atomic E-state index is 14.7. The molecule has 4 aliphatic heterocycles. The van der Waals surface area contributed by atoms with Crippen LogP contribution in [-0.4, -0.2) is 44.8 Å². The zero-order chi connectivity index (χ0) is 32.2. The van der Waals surface area contributed by atoms with E-state index in [1.807, 2.05) is 111 Å². The van der Waals surface area contributed by atoms with Gasteiger partial charge in [-0.1, -0.05) is 12.1 Å². The van der Waals surface area contributed by atoms with E-state index in [4.69, 9.17) is 19.1 Å². The SMILES string of the molecule is COc1ccc(CC23C=C4C=CC(=N4)C=c4ccc([nH]4)=CC4=NC(c5cnc(-c6cccnc6)o5)(C=C4)C=C(N2)C(C)(C)C3=O)cc1. The summed E-state index contributed by atoms with van der Waals surface area (Å²) in [7, 11) is 1.64. The number of H-pyrrole nitrogens is 1. The third-order valence-corrected chi connectivity index (χ3v) is 9.06. The minimum Gasteiger partial charge on any atom is -0.497 e. The van der Waals surface area contributed by atoms with Crippen LogP contribution in [0.15, 0.2) is 129 Å². The van der Waals surface area contributed by atoms with Gasteiger partial charge in [-0.25, -0.2) is 9.98 Å². The smallest absolute Gasteiger partial charge is 0.227 e. The van der Waals surface area contributed by atoms with Crippen LogP contribution in [0, 0.1) is 5.41 Å². The number of carbonyl (C=O) groups is 1. The molecular formula is C38H32N6O3. The molecule has 47 heavy (non-hydrogen) atoms. The van der Waals surface area contributed by atoms with Crippen LogP contribution in [0.25, 0.3) is 23.6 Å². The third-order valence-electron chi connectivity index (χ3n) is 9.06. The van der Waals surface area contributed by atoms with Crippen LogP contribution in [0.2, 0.25) is 0 Å². The summed E-state index contributed by atoms with van der Waals surface area (Å²) in [5.74, 6) is 1.74. The molecule has 1 fully saturated rings. The monoisotopic (exact) mass is 620 g/mol. The number of carbonyl (C=O) groups excluding carboxylic acids is 1. The number of ether oxygens (including phenoxy) is 1. The van der Waals surface area contributed by atoms with Gasteiger partial charge in [0.25, 0.3) is 0 Å². The van der Waals surface area contributed by atoms with Crippen molar-refractivity contribution in [3.05, 3.63) is 137 Å². The molecule has 7 heterocycles. The number of pyridine rings is 1. The number of aliphatic imine (C=N–C) groups is 2. The highest BCUT2D eigenvalue weighted by molar-refractivity contribution is 6.20. The first-order chi connectivity index (χ1) is 22.7. The summed E-state index contributed by atoms with van der Waals surface area (Å²) in [4.78, 5) is 37.1. The normalized spacial score (nSPS) is 23.7. The van der Waals surface area contributed by atoms with E-state index in [2.05, 4.69) is 20.3 Å². The van der Waals surface area contributed by atoms with Gasteiger partial charge < -0.3 is 19.5 Å². The maximum Gasteiger partial charge on any atom is 0.227 e. The van der Waals surface area contributed by atoms with Crippen molar-refractivity contribution in [2.45, 2.75) is 31.3 Å². The topological polar surface area (TPSA) is 118 Å². The Morgan fingerprint density at radius 3 is 2.49 bits per heavy atom. The lowest BCUT2D eigenvalue weighted by Crippen LogP contribution is -2.47. The first kappa shape index (κ1) is 28.6. The summed E-state index contributed by atoms with van der Waals surface area (Å²) in [6.07, 6.45) is 21.3. The zero-order valence-corrected chi connectivity index (χ0v) is 26.2. The van der Waals surface area contributed by atoms with Crippen LogP contribution in [0.5, 0.6) is 5.75 Å². The quantitative estimate of drug-likeness (QED) is 0.339. The van der Waals surface area contributed by atoms with Gasteiger partial charge in [0, 0.05) is 35.2 Å². The fraction of sp³-hybridized carbons (Fsp3) is 0.184. The van der Waals surface area contributed by atoms with Crippen molar-refractivity contribution in [3.8, 4) is 17.2 Å². The molecule has 2 unspecified atom stereocenters. The van der Waals surface area contributed by atoms with Gasteiger partial charge in [-0.3, -0.25) is 14.8 Å². The number of aromatic nitrogens is 3. The van der Waals surface area contributed by atoms with Gasteiger partial charge >= 0.3 is 0 Å². The van der Waals surface area contributed by atoms with Crippen LogP contribution in [-0.2, 0) is 16.8 Å². The number of aromatic amines is 1. The summed E-state index contributed by atoms with van der Waals surface area (Å²) in [5, 5.41) is 5.51. The first-order valence-electron chi connectivity index (χ1n) is 15.5. The third kappa shape index (κ3) is 5.00. The number of hydrogen-bond donors (Lipinski definition) is 2. The zero-order valence-electron chi connectivity index (χ0n) is 26.2. The molecule has 0 aliphatic carbocycles. The Labute approximate surface area is 271 Å². The minimum atomic E-state index is -1.09. The van der Waals surface area contributed by atoms with Gasteiger partial charge in [-0.05, 0) is 104 Å². The van der Waals surface area contributed by atoms with E-state index >= 15 is 0 Å². The molecule has 9 heteroatoms. The lowest BCUT2D eigenvalue weighted by Gasteiger charge is -2.26. The maximum atomic E-state index is 14.7. The molecule has 8 rings (SSSR count). The van der Waals surface area contributed by atoms with Gasteiger partial charge in [0.2, 0.25) is 5.89 Å². The molecule has 3 aromatic heterocycles. The highest BCUT2D eigenvalue weighted by atomic mass is 16.5. The Bertz CT molecular complexity index is 2230. The van der Waals surface area contributed by atoms with Crippen molar-refractivity contribution < 1.29 is 13.9 Å². The number of rotatable bonds is 5. The fourth-order valence-electron chi connectivity index (χ4n) is 6.59. The summed E-state index contributed by atoms with van der Waals surface area (Å²) in [5.41, 5.74) is 1.65. The molecule has 8 bridgehead atoms. The van der Waals surface area contributed by atoms with E-state index in [-0.39, 0.29) is 5.78 Å². The van der Waals surface area contributed by atoms with Gasteiger partial charge in [0.1, 0.15) is 11.3 Å². The summed E-state index contributed by atoms with van der Waals surface area (Å²) in [6, 6.07) is 15.6. The number of benzene rings is 1. The summed E-state index contributed by atoms with van der Waals surface area (Å²) >= 11 is 0. The molecule has 0 radical (unpaired) electrons. The highest BCUT2D eigenvalue weighted by Crippen LogP contribution is 2.45. The molecule has 232 valence electrons. The number of Topliss-reactive ketones (excluding diaryl/α,β-unsaturated/α-hetero) is 1. The Morgan fingerprint density at radius 2 is 1.72 bits per heavy atom. The van der Waals surface area contributed by atoms with Crippen LogP contribution < -0.4 is 20.8 Å². The summed E-state index contributed by atoms with van der Waals surface area (Å²) in [6.45, 7) is 3.91. The predicted molar refractivity (Wildman–Crippen MR) is 181 cm³/mol. The molecule has 0 amide bonds. The van der Waals surface area contributed by atoms with E-state index in [1.165, 1.54) is 0 Å². The number of oxazole rings is 1. The van der Waals surface area contributed by atoms with E-state index in [0.29, 0.717) is 23.8 Å². The van der Waals surface area contributed by atoms with Gasteiger partial charge in [0.15, 0.2) is 17.1 Å². The molecule has 2 N–H and O–H groups in total. The molecular weight excluding hydrogens is 588 g/mol. The molecule has 9 nitrogen and oxygen atoms in total. The number of allylic oxidation sites excluding steroid dienone is 4. The minimum absolute atomic E-state index is 0.0278. The molecule has 4 aromatic rings. The highest BCUT2D eigenvalue weighted by Gasteiger charge is 2.55. The predicted octanol–water partition coefficient (Wildman–Crippen LogP) is 4.51. The van der Waals surface area contributed by atoms with E-state index in [0.717, 1.165) is 44.7 Å². The molecule has 0 saturated carbocycles. The van der Waals surface area contributed by atoms with Crippen LogP contribution >= 0.6 is 0 Å². The second-order valence-corrected chi connectivity index (χ2v) is 12.7. The van der Waals surface area contributed by atoms with Crippen molar-refractivity contribution in [2.75, 3.05) is 7.11 Å². The van der Waals surface area contributed by atoms with Gasteiger partial charge in [-0.15, -0.1) is 0 Å². The van der Waals surface area contributed by atoms with Gasteiger partial charge in [-0.2, -0.15) is 0 Å². The number of fused-ring (bicyclic) bond motifs is 6. The largest absolute Gasteiger partial charge is 0.497 e. The average Bonchev–Trinajstić information content (AvgIpc) is 3.91. The van der Waals surface area contributed by atoms with Crippen molar-refractivity contribution >= 4 is 29.4 Å². The van der Waals surface area contributed by atoms with Crippen molar-refractivity contribution in [2.24, 2.45) is 15.4 Å². The lowest BCUT2D eigenvalue weighted by molar-refractivity contribution is -0.126. The number of nitrogens with one attached hydrogen (secondary N) is 2. The Kier molecular flexibility index (Phi) is 6.47. The van der Waals surface area contributed by atoms with Gasteiger partial charge in [0.05, 0.1) is 41.4 Å². The number of ketones is 1. The second-order valence-electron chi connectivity index (χ2n) is 12.7. The van der Waals surface area contributed by atoms with E-state index in [1.54, 1.807) is 25.7 Å². The standard InChI is InChI=1S/C38H32N6O3/c1-36(2)32-21-37(33-23-40-34(47-33)25-5-4-16-39-22-25)15-14-29(43-37)18-28-9-8-26(41-28)17-27-10-11-30(42-27)20-38(44-32,35(36)45)19-24-6-12-31(46-3)13-7-24/h4-18,20-23,41,44H,19H2,1-3H3. The average molecular weight is 621 g/mol. The first-order valence-corrected chi connectivity index (χ1v) is 15.5. The Hall–Kier alpha value is -5.83. The van der Waals surface area contributed by atoms with Crippen molar-refractivity contribution in [1.29, 1.82) is 0 Å². The van der Waals surface area contributed by atoms with Crippen LogP contribution in [0.3, 0.4) is 0 Å². The van der Waals surface area contributed by atoms with Crippen LogP contribution in [0.1, 0.15) is 25.2 Å². The Morgan fingerprint density at radius 1 is 0.915 bits per heavy atom. The second kappa shape index (κ2) is 10.6. The fourth-order valence-corrected chi connectivity index (χ4v) is 6.59. The molecule has 1 saturated heterocycles. The molecule has 4 aliphatic rings. The number of methoxy groups -OCH3 is 1. The lowest BCUT2D eigenvalue weighted by atomic mass is 9.77. The number of hydrogen-bond acceptors (Lipinski definition) is 8. The molecule has 2 atom stereocenters. The Balaban J connectivity index is 1.34. The van der Waals surface area contributed by atoms with E-state index < -0.39 is 16.5 Å². The van der Waals surface area contributed by atoms with Crippen LogP contribution in [0.4, 0.5) is 0 Å². The summed E-state index contributed by atoms with van der Waals surface area (Å²) < 4.78 is 11.8. The van der Waals surface area contributed by atoms with E-state index in [9.17, 15) is 4.79 Å².